The maximum absolute atomic E-state index is 12.1. The van der Waals surface area contributed by atoms with Gasteiger partial charge in [-0.25, -0.2) is 0 Å². The minimum Gasteiger partial charge on any atom is -0.295 e. The summed E-state index contributed by atoms with van der Waals surface area (Å²) >= 11 is 10.9. The molecule has 0 aliphatic carbocycles. The summed E-state index contributed by atoms with van der Waals surface area (Å²) in [5, 5.41) is 2.74. The number of carbonyl (C=O) groups excluding carboxylic acids is 1. The second kappa shape index (κ2) is 6.66. The van der Waals surface area contributed by atoms with E-state index >= 15 is 0 Å². The van der Waals surface area contributed by atoms with Crippen LogP contribution in [0.25, 0.3) is 0 Å². The van der Waals surface area contributed by atoms with Crippen LogP contribution >= 0.6 is 38.9 Å². The maximum atomic E-state index is 12.1. The molecule has 5 heteroatoms. The number of Topliss-reactive ketones (excluding diaryl/α,β-unsaturated/α-hetero) is 1. The van der Waals surface area contributed by atoms with E-state index in [-0.39, 0.29) is 5.78 Å². The first-order valence-corrected chi connectivity index (χ1v) is 7.80. The maximum Gasteiger partial charge on any atom is 0.176 e. The molecular weight excluding hydrogens is 346 g/mol. The Morgan fingerprint density at radius 2 is 2.05 bits per heavy atom. The number of thiophene rings is 1. The summed E-state index contributed by atoms with van der Waals surface area (Å²) in [7, 11) is 1.94. The van der Waals surface area contributed by atoms with Crippen molar-refractivity contribution in [1.29, 1.82) is 0 Å². The summed E-state index contributed by atoms with van der Waals surface area (Å²) in [5.74, 6) is 0.105. The molecule has 100 valence electrons. The lowest BCUT2D eigenvalue weighted by Gasteiger charge is -2.14. The van der Waals surface area contributed by atoms with E-state index in [9.17, 15) is 4.79 Å². The van der Waals surface area contributed by atoms with Gasteiger partial charge in [0.25, 0.3) is 0 Å². The Bertz CT molecular complexity index is 567. The number of benzene rings is 1. The molecule has 0 spiro atoms. The molecule has 0 aliphatic rings. The van der Waals surface area contributed by atoms with Crippen LogP contribution in [-0.4, -0.2) is 24.3 Å². The third-order valence-corrected chi connectivity index (χ3v) is 4.46. The van der Waals surface area contributed by atoms with Gasteiger partial charge in [0.15, 0.2) is 5.78 Å². The molecule has 0 atom stereocenters. The molecule has 0 unspecified atom stereocenters. The molecule has 0 bridgehead atoms. The lowest BCUT2D eigenvalue weighted by molar-refractivity contribution is 0.0943. The topological polar surface area (TPSA) is 20.3 Å². The summed E-state index contributed by atoms with van der Waals surface area (Å²) in [5.41, 5.74) is 1.91. The summed E-state index contributed by atoms with van der Waals surface area (Å²) < 4.78 is 1.11. The fourth-order valence-electron chi connectivity index (χ4n) is 1.77. The SMILES string of the molecule is CN(CC(=O)c1ccc(Cl)cc1)Cc1csc(Br)c1. The van der Waals surface area contributed by atoms with Crippen molar-refractivity contribution in [2.24, 2.45) is 0 Å². The third-order valence-electron chi connectivity index (χ3n) is 2.65. The molecule has 0 N–H and O–H groups in total. The van der Waals surface area contributed by atoms with Crippen LogP contribution in [0, 0.1) is 0 Å². The Morgan fingerprint density at radius 1 is 1.37 bits per heavy atom. The second-order valence-electron chi connectivity index (χ2n) is 4.36. The molecular formula is C14H13BrClNOS. The third kappa shape index (κ3) is 4.42. The first kappa shape index (κ1) is 14.7. The number of hydrogen-bond donors (Lipinski definition) is 0. The molecule has 1 aromatic carbocycles. The first-order valence-electron chi connectivity index (χ1n) is 5.75. The van der Waals surface area contributed by atoms with Gasteiger partial charge in [0.05, 0.1) is 10.3 Å². The molecule has 0 saturated carbocycles. The van der Waals surface area contributed by atoms with Crippen LogP contribution in [0.4, 0.5) is 0 Å². The molecule has 0 radical (unpaired) electrons. The largest absolute Gasteiger partial charge is 0.295 e. The Balaban J connectivity index is 1.93. The van der Waals surface area contributed by atoms with Crippen LogP contribution in [0.5, 0.6) is 0 Å². The molecule has 2 rings (SSSR count). The molecule has 2 aromatic rings. The van der Waals surface area contributed by atoms with Gasteiger partial charge in [-0.2, -0.15) is 0 Å². The van der Waals surface area contributed by atoms with E-state index in [0.29, 0.717) is 17.1 Å². The number of rotatable bonds is 5. The van der Waals surface area contributed by atoms with E-state index < -0.39 is 0 Å². The first-order chi connectivity index (χ1) is 9.04. The predicted octanol–water partition coefficient (Wildman–Crippen LogP) is 4.48. The fraction of sp³-hybridized carbons (Fsp3) is 0.214. The molecule has 1 heterocycles. The average Bonchev–Trinajstić information content (AvgIpc) is 2.75. The van der Waals surface area contributed by atoms with Gasteiger partial charge >= 0.3 is 0 Å². The van der Waals surface area contributed by atoms with Crippen molar-refractivity contribution in [3.05, 3.63) is 55.6 Å². The zero-order chi connectivity index (χ0) is 13.8. The van der Waals surface area contributed by atoms with Crippen molar-refractivity contribution >= 4 is 44.7 Å². The van der Waals surface area contributed by atoms with Crippen LogP contribution in [0.1, 0.15) is 15.9 Å². The van der Waals surface area contributed by atoms with Crippen molar-refractivity contribution in [3.63, 3.8) is 0 Å². The Morgan fingerprint density at radius 3 is 2.63 bits per heavy atom. The molecule has 1 aromatic heterocycles. The van der Waals surface area contributed by atoms with Gasteiger partial charge in [0.1, 0.15) is 0 Å². The molecule has 0 amide bonds. The number of hydrogen-bond acceptors (Lipinski definition) is 3. The summed E-state index contributed by atoms with van der Waals surface area (Å²) in [4.78, 5) is 14.1. The van der Waals surface area contributed by atoms with Gasteiger partial charge in [0, 0.05) is 17.1 Å². The van der Waals surface area contributed by atoms with E-state index in [1.54, 1.807) is 35.6 Å². The van der Waals surface area contributed by atoms with Crippen molar-refractivity contribution in [2.45, 2.75) is 6.54 Å². The van der Waals surface area contributed by atoms with Crippen LogP contribution in [0.2, 0.25) is 5.02 Å². The van der Waals surface area contributed by atoms with Crippen LogP contribution in [0.15, 0.2) is 39.5 Å². The lowest BCUT2D eigenvalue weighted by Crippen LogP contribution is -2.25. The quantitative estimate of drug-likeness (QED) is 0.735. The minimum atomic E-state index is 0.105. The van der Waals surface area contributed by atoms with Crippen LogP contribution in [-0.2, 0) is 6.54 Å². The standard InChI is InChI=1S/C14H13BrClNOS/c1-17(7-10-6-14(15)19-9-10)8-13(18)11-2-4-12(16)5-3-11/h2-6,9H,7-8H2,1H3. The summed E-state index contributed by atoms with van der Waals surface area (Å²) in [6, 6.07) is 9.09. The highest BCUT2D eigenvalue weighted by Crippen LogP contribution is 2.21. The van der Waals surface area contributed by atoms with Crippen LogP contribution < -0.4 is 0 Å². The van der Waals surface area contributed by atoms with Gasteiger partial charge < -0.3 is 0 Å². The number of nitrogens with zero attached hydrogens (tertiary/aromatic N) is 1. The van der Waals surface area contributed by atoms with Crippen molar-refractivity contribution in [3.8, 4) is 0 Å². The number of ketones is 1. The van der Waals surface area contributed by atoms with Crippen molar-refractivity contribution in [2.75, 3.05) is 13.6 Å². The fourth-order valence-corrected chi connectivity index (χ4v) is 3.09. The molecule has 0 fully saturated rings. The number of halogens is 2. The molecule has 0 aliphatic heterocycles. The lowest BCUT2D eigenvalue weighted by atomic mass is 10.1. The van der Waals surface area contributed by atoms with Gasteiger partial charge in [-0.3, -0.25) is 9.69 Å². The Labute approximate surface area is 130 Å². The zero-order valence-electron chi connectivity index (χ0n) is 10.4. The highest BCUT2D eigenvalue weighted by molar-refractivity contribution is 9.11. The normalized spacial score (nSPS) is 10.9. The highest BCUT2D eigenvalue weighted by Gasteiger charge is 2.10. The Kier molecular flexibility index (Phi) is 5.16. The molecule has 19 heavy (non-hydrogen) atoms. The van der Waals surface area contributed by atoms with Gasteiger partial charge in [-0.05, 0) is 64.3 Å². The minimum absolute atomic E-state index is 0.105. The monoisotopic (exact) mass is 357 g/mol. The smallest absolute Gasteiger partial charge is 0.176 e. The molecule has 2 nitrogen and oxygen atoms in total. The highest BCUT2D eigenvalue weighted by atomic mass is 79.9. The number of carbonyl (C=O) groups is 1. The zero-order valence-corrected chi connectivity index (χ0v) is 13.6. The van der Waals surface area contributed by atoms with Gasteiger partial charge in [-0.1, -0.05) is 11.6 Å². The van der Waals surface area contributed by atoms with Gasteiger partial charge in [0.2, 0.25) is 0 Å². The van der Waals surface area contributed by atoms with Crippen molar-refractivity contribution in [1.82, 2.24) is 4.90 Å². The number of likely N-dealkylation sites (N-methyl/N-ethyl adjacent to an activating group) is 1. The summed E-state index contributed by atoms with van der Waals surface area (Å²) in [6.45, 7) is 1.16. The van der Waals surface area contributed by atoms with E-state index in [1.165, 1.54) is 5.56 Å². The van der Waals surface area contributed by atoms with Crippen LogP contribution in [0.3, 0.4) is 0 Å². The van der Waals surface area contributed by atoms with E-state index in [2.05, 4.69) is 27.4 Å². The van der Waals surface area contributed by atoms with E-state index in [1.807, 2.05) is 11.9 Å². The molecule has 0 saturated heterocycles. The van der Waals surface area contributed by atoms with E-state index in [0.717, 1.165) is 10.3 Å². The van der Waals surface area contributed by atoms with Gasteiger partial charge in [-0.15, -0.1) is 11.3 Å². The second-order valence-corrected chi connectivity index (χ2v) is 7.09. The summed E-state index contributed by atoms with van der Waals surface area (Å²) in [6.07, 6.45) is 0. The predicted molar refractivity (Wildman–Crippen MR) is 84.1 cm³/mol. The van der Waals surface area contributed by atoms with Crippen molar-refractivity contribution < 1.29 is 4.79 Å². The average molecular weight is 359 g/mol. The Hall–Kier alpha value is -0.680. The van der Waals surface area contributed by atoms with E-state index in [4.69, 9.17) is 11.6 Å².